The third kappa shape index (κ3) is 3.16. The number of pyridine rings is 1. The monoisotopic (exact) mass is 359 g/mol. The van der Waals surface area contributed by atoms with Crippen molar-refractivity contribution in [3.05, 3.63) is 60.0 Å². The van der Waals surface area contributed by atoms with Gasteiger partial charge in [-0.2, -0.15) is 13.2 Å². The van der Waals surface area contributed by atoms with Crippen molar-refractivity contribution in [2.24, 2.45) is 0 Å². The Morgan fingerprint density at radius 3 is 2.38 bits per heavy atom. The van der Waals surface area contributed by atoms with Crippen LogP contribution in [0.5, 0.6) is 0 Å². The van der Waals surface area contributed by atoms with Crippen molar-refractivity contribution in [1.82, 2.24) is 9.55 Å². The van der Waals surface area contributed by atoms with Crippen molar-refractivity contribution in [3.63, 3.8) is 0 Å². The second-order valence-electron chi connectivity index (χ2n) is 6.89. The summed E-state index contributed by atoms with van der Waals surface area (Å²) in [5.74, 6) is 0. The highest BCUT2D eigenvalue weighted by molar-refractivity contribution is 5.92. The maximum Gasteiger partial charge on any atom is 0.433 e. The number of halogens is 3. The normalized spacial score (nSPS) is 16.4. The summed E-state index contributed by atoms with van der Waals surface area (Å²) in [7, 11) is 0. The molecule has 1 saturated heterocycles. The zero-order valence-corrected chi connectivity index (χ0v) is 14.5. The van der Waals surface area contributed by atoms with Crippen molar-refractivity contribution >= 4 is 16.6 Å². The molecule has 0 atom stereocenters. The van der Waals surface area contributed by atoms with Crippen LogP contribution in [0.2, 0.25) is 0 Å². The lowest BCUT2D eigenvalue weighted by atomic mass is 10.0. The first kappa shape index (κ1) is 16.9. The molecular weight excluding hydrogens is 339 g/mol. The Balaban J connectivity index is 1.70. The van der Waals surface area contributed by atoms with Gasteiger partial charge in [0.2, 0.25) is 0 Å². The van der Waals surface area contributed by atoms with Gasteiger partial charge in [-0.15, -0.1) is 0 Å². The summed E-state index contributed by atoms with van der Waals surface area (Å²) in [6.07, 6.45) is 1.47. The number of hydrogen-bond acceptors (Lipinski definition) is 2. The molecule has 2 aromatic heterocycles. The topological polar surface area (TPSA) is 21.1 Å². The summed E-state index contributed by atoms with van der Waals surface area (Å²) in [5.41, 5.74) is 1.23. The lowest BCUT2D eigenvalue weighted by Crippen LogP contribution is -2.34. The minimum atomic E-state index is -4.45. The Labute approximate surface area is 150 Å². The van der Waals surface area contributed by atoms with E-state index in [1.54, 1.807) is 12.1 Å². The van der Waals surface area contributed by atoms with E-state index in [1.165, 1.54) is 6.07 Å². The van der Waals surface area contributed by atoms with Gasteiger partial charge in [-0.3, -0.25) is 0 Å². The summed E-state index contributed by atoms with van der Waals surface area (Å²) in [4.78, 5) is 5.91. The quantitative estimate of drug-likeness (QED) is 0.627. The van der Waals surface area contributed by atoms with E-state index in [2.05, 4.69) is 14.5 Å². The molecule has 3 heterocycles. The Hall–Kier alpha value is -2.50. The van der Waals surface area contributed by atoms with Crippen LogP contribution < -0.4 is 4.90 Å². The fourth-order valence-corrected chi connectivity index (χ4v) is 3.72. The van der Waals surface area contributed by atoms with E-state index in [0.29, 0.717) is 17.2 Å². The fourth-order valence-electron chi connectivity index (χ4n) is 3.72. The molecule has 0 unspecified atom stereocenters. The number of alkyl halides is 3. The Morgan fingerprint density at radius 1 is 1.04 bits per heavy atom. The Morgan fingerprint density at radius 2 is 1.73 bits per heavy atom. The van der Waals surface area contributed by atoms with Gasteiger partial charge in [-0.1, -0.05) is 11.6 Å². The largest absolute Gasteiger partial charge is 0.433 e. The lowest BCUT2D eigenvalue weighted by molar-refractivity contribution is -0.140. The van der Waals surface area contributed by atoms with Crippen LogP contribution in [0, 0.1) is 6.92 Å². The maximum atomic E-state index is 13.3. The number of aryl methyl sites for hydroxylation is 1. The molecule has 1 aromatic carbocycles. The molecule has 6 heteroatoms. The number of rotatable bonds is 2. The molecule has 0 N–H and O–H groups in total. The first-order chi connectivity index (χ1) is 12.4. The third-order valence-electron chi connectivity index (χ3n) is 5.09. The van der Waals surface area contributed by atoms with Crippen LogP contribution in [0.3, 0.4) is 0 Å². The van der Waals surface area contributed by atoms with Gasteiger partial charge >= 0.3 is 6.18 Å². The standard InChI is InChI=1S/C20H20F3N3/c1-14-4-5-17-16(12-14)18(13-19(24-17)20(21,22)23)26-10-6-15(7-11-26)25-8-2-3-9-25/h2-5,8-9,12-13,15H,6-7,10-11H2,1H3. The molecule has 0 amide bonds. The van der Waals surface area contributed by atoms with Crippen molar-refractivity contribution < 1.29 is 13.2 Å². The number of hydrogen-bond donors (Lipinski definition) is 0. The van der Waals surface area contributed by atoms with Crippen LogP contribution in [0.25, 0.3) is 10.9 Å². The first-order valence-electron chi connectivity index (χ1n) is 8.78. The average molecular weight is 359 g/mol. The van der Waals surface area contributed by atoms with Crippen molar-refractivity contribution in [2.75, 3.05) is 18.0 Å². The molecule has 26 heavy (non-hydrogen) atoms. The molecule has 0 bridgehead atoms. The summed E-state index contributed by atoms with van der Waals surface area (Å²) in [6.45, 7) is 3.40. The van der Waals surface area contributed by atoms with Crippen LogP contribution in [0.1, 0.15) is 30.1 Å². The summed E-state index contributed by atoms with van der Waals surface area (Å²) >= 11 is 0. The number of aromatic nitrogens is 2. The molecule has 1 aliphatic rings. The fraction of sp³-hybridized carbons (Fsp3) is 0.350. The van der Waals surface area contributed by atoms with Crippen LogP contribution in [0.4, 0.5) is 18.9 Å². The van der Waals surface area contributed by atoms with Crippen molar-refractivity contribution in [2.45, 2.75) is 32.0 Å². The molecule has 0 radical (unpaired) electrons. The Bertz CT molecular complexity index is 908. The van der Waals surface area contributed by atoms with Crippen LogP contribution >= 0.6 is 0 Å². The van der Waals surface area contributed by atoms with Gasteiger partial charge in [0.1, 0.15) is 5.69 Å². The number of benzene rings is 1. The van der Waals surface area contributed by atoms with Gasteiger partial charge in [0.05, 0.1) is 5.52 Å². The molecule has 0 saturated carbocycles. The SMILES string of the molecule is Cc1ccc2nc(C(F)(F)F)cc(N3CCC(n4cccc4)CC3)c2c1. The molecule has 0 aliphatic carbocycles. The van der Waals surface area contributed by atoms with E-state index >= 15 is 0 Å². The van der Waals surface area contributed by atoms with Gasteiger partial charge in [0.25, 0.3) is 0 Å². The highest BCUT2D eigenvalue weighted by atomic mass is 19.4. The van der Waals surface area contributed by atoms with Crippen molar-refractivity contribution in [3.8, 4) is 0 Å². The molecule has 1 fully saturated rings. The van der Waals surface area contributed by atoms with E-state index in [-0.39, 0.29) is 0 Å². The summed E-state index contributed by atoms with van der Waals surface area (Å²) < 4.78 is 42.1. The molecule has 136 valence electrons. The van der Waals surface area contributed by atoms with Gasteiger partial charge in [0.15, 0.2) is 0 Å². The summed E-state index contributed by atoms with van der Waals surface area (Å²) in [6, 6.07) is 11.0. The van der Waals surface area contributed by atoms with E-state index < -0.39 is 11.9 Å². The van der Waals surface area contributed by atoms with Crippen LogP contribution in [-0.4, -0.2) is 22.6 Å². The van der Waals surface area contributed by atoms with Gasteiger partial charge < -0.3 is 9.47 Å². The van der Waals surface area contributed by atoms with Gasteiger partial charge in [-0.05, 0) is 50.1 Å². The molecule has 4 rings (SSSR count). The summed E-state index contributed by atoms with van der Waals surface area (Å²) in [5, 5.41) is 0.789. The molecule has 3 nitrogen and oxygen atoms in total. The van der Waals surface area contributed by atoms with Crippen molar-refractivity contribution in [1.29, 1.82) is 0 Å². The van der Waals surface area contributed by atoms with E-state index in [9.17, 15) is 13.2 Å². The third-order valence-corrected chi connectivity index (χ3v) is 5.09. The second kappa shape index (κ2) is 6.34. The predicted octanol–water partition coefficient (Wildman–Crippen LogP) is 5.21. The first-order valence-corrected chi connectivity index (χ1v) is 8.78. The molecule has 3 aromatic rings. The number of anilines is 1. The zero-order valence-electron chi connectivity index (χ0n) is 14.5. The van der Waals surface area contributed by atoms with Crippen LogP contribution in [0.15, 0.2) is 48.8 Å². The average Bonchev–Trinajstić information content (AvgIpc) is 3.15. The highest BCUT2D eigenvalue weighted by Crippen LogP contribution is 2.37. The second-order valence-corrected chi connectivity index (χ2v) is 6.89. The maximum absolute atomic E-state index is 13.3. The highest BCUT2D eigenvalue weighted by Gasteiger charge is 2.34. The zero-order chi connectivity index (χ0) is 18.3. The number of piperidine rings is 1. The van der Waals surface area contributed by atoms with E-state index in [0.717, 1.165) is 36.9 Å². The Kier molecular flexibility index (Phi) is 4.13. The van der Waals surface area contributed by atoms with Crippen LogP contribution in [-0.2, 0) is 6.18 Å². The molecular formula is C20H20F3N3. The molecule has 0 spiro atoms. The predicted molar refractivity (Wildman–Crippen MR) is 96.4 cm³/mol. The smallest absolute Gasteiger partial charge is 0.371 e. The van der Waals surface area contributed by atoms with E-state index in [1.807, 2.05) is 37.5 Å². The van der Waals surface area contributed by atoms with E-state index in [4.69, 9.17) is 0 Å². The number of nitrogens with zero attached hydrogens (tertiary/aromatic N) is 3. The van der Waals surface area contributed by atoms with Gasteiger partial charge in [-0.25, -0.2) is 4.98 Å². The molecule has 1 aliphatic heterocycles. The minimum absolute atomic E-state index is 0.396. The number of fused-ring (bicyclic) bond motifs is 1. The van der Waals surface area contributed by atoms with Gasteiger partial charge in [0, 0.05) is 42.6 Å². The lowest BCUT2D eigenvalue weighted by Gasteiger charge is -2.35. The minimum Gasteiger partial charge on any atom is -0.371 e.